The maximum Gasteiger partial charge on any atom is 0.110 e. The van der Waals surface area contributed by atoms with Crippen LogP contribution in [-0.2, 0) is 13.0 Å². The molecular weight excluding hydrogens is 262 g/mol. The fourth-order valence-electron chi connectivity index (χ4n) is 2.38. The third-order valence-electron chi connectivity index (χ3n) is 3.60. The number of aromatic nitrogens is 4. The molecule has 2 heterocycles. The number of nitrogens with two attached hydrogens (primary N) is 1. The second kappa shape index (κ2) is 5.93. The third kappa shape index (κ3) is 2.87. The van der Waals surface area contributed by atoms with E-state index in [1.807, 2.05) is 59.8 Å². The summed E-state index contributed by atoms with van der Waals surface area (Å²) in [7, 11) is 0. The molecule has 5 heteroatoms. The topological polar surface area (TPSA) is 61.7 Å². The smallest absolute Gasteiger partial charge is 0.110 e. The van der Waals surface area contributed by atoms with Crippen LogP contribution in [0.15, 0.2) is 55.1 Å². The maximum atomic E-state index is 6.29. The summed E-state index contributed by atoms with van der Waals surface area (Å²) in [6.07, 6.45) is 8.33. The van der Waals surface area contributed by atoms with Crippen molar-refractivity contribution in [2.45, 2.75) is 25.9 Å². The molecule has 0 saturated heterocycles. The van der Waals surface area contributed by atoms with Gasteiger partial charge in [0.25, 0.3) is 0 Å². The molecule has 108 valence electrons. The zero-order valence-electron chi connectivity index (χ0n) is 12.1. The van der Waals surface area contributed by atoms with Crippen LogP contribution in [0, 0.1) is 0 Å². The zero-order chi connectivity index (χ0) is 14.7. The highest BCUT2D eigenvalue weighted by atomic mass is 15.3. The molecule has 0 bridgehead atoms. The number of hydrogen-bond donors (Lipinski definition) is 1. The van der Waals surface area contributed by atoms with Crippen LogP contribution in [0.5, 0.6) is 0 Å². The molecule has 0 spiro atoms. The molecule has 0 saturated carbocycles. The number of imidazole rings is 1. The van der Waals surface area contributed by atoms with Crippen molar-refractivity contribution < 1.29 is 0 Å². The molecule has 0 aliphatic carbocycles. The van der Waals surface area contributed by atoms with Crippen LogP contribution in [0.4, 0.5) is 0 Å². The van der Waals surface area contributed by atoms with Gasteiger partial charge in [0.1, 0.15) is 5.82 Å². The summed E-state index contributed by atoms with van der Waals surface area (Å²) in [5, 5.41) is 4.39. The quantitative estimate of drug-likeness (QED) is 0.780. The third-order valence-corrected chi connectivity index (χ3v) is 3.60. The molecule has 0 aliphatic rings. The highest BCUT2D eigenvalue weighted by Crippen LogP contribution is 2.16. The number of hydrogen-bond acceptors (Lipinski definition) is 3. The average Bonchev–Trinajstić information content (AvgIpc) is 3.17. The molecule has 5 nitrogen and oxygen atoms in total. The van der Waals surface area contributed by atoms with E-state index in [1.165, 1.54) is 0 Å². The van der Waals surface area contributed by atoms with E-state index in [4.69, 9.17) is 5.73 Å². The highest BCUT2D eigenvalue weighted by molar-refractivity contribution is 5.31. The van der Waals surface area contributed by atoms with Gasteiger partial charge in [-0.2, -0.15) is 5.10 Å². The molecule has 2 aromatic heterocycles. The Hall–Kier alpha value is -2.40. The predicted molar refractivity (Wildman–Crippen MR) is 82.1 cm³/mol. The van der Waals surface area contributed by atoms with Gasteiger partial charge in [0.05, 0.1) is 11.9 Å². The van der Waals surface area contributed by atoms with Gasteiger partial charge in [-0.1, -0.05) is 18.2 Å². The van der Waals surface area contributed by atoms with Crippen molar-refractivity contribution >= 4 is 0 Å². The molecule has 3 aromatic rings. The molecule has 1 atom stereocenters. The van der Waals surface area contributed by atoms with E-state index in [0.717, 1.165) is 23.6 Å². The Bertz CT molecular complexity index is 698. The minimum atomic E-state index is -0.102. The minimum absolute atomic E-state index is 0.102. The van der Waals surface area contributed by atoms with Gasteiger partial charge in [0.2, 0.25) is 0 Å². The largest absolute Gasteiger partial charge is 0.335 e. The van der Waals surface area contributed by atoms with E-state index in [2.05, 4.69) is 21.6 Å². The monoisotopic (exact) mass is 281 g/mol. The van der Waals surface area contributed by atoms with Gasteiger partial charge < -0.3 is 10.3 Å². The zero-order valence-corrected chi connectivity index (χ0v) is 12.1. The first-order valence-corrected chi connectivity index (χ1v) is 7.13. The molecule has 2 N–H and O–H groups in total. The van der Waals surface area contributed by atoms with Crippen molar-refractivity contribution in [2.24, 2.45) is 5.73 Å². The van der Waals surface area contributed by atoms with Gasteiger partial charge in [-0.3, -0.25) is 0 Å². The average molecular weight is 281 g/mol. The van der Waals surface area contributed by atoms with Gasteiger partial charge in [0.15, 0.2) is 0 Å². The molecule has 1 unspecified atom stereocenters. The maximum absolute atomic E-state index is 6.29. The van der Waals surface area contributed by atoms with Gasteiger partial charge >= 0.3 is 0 Å². The Labute approximate surface area is 124 Å². The molecule has 0 radical (unpaired) electrons. The predicted octanol–water partition coefficient (Wildman–Crippen LogP) is 2.33. The number of benzene rings is 1. The summed E-state index contributed by atoms with van der Waals surface area (Å²) in [5.74, 6) is 1.01. The second-order valence-corrected chi connectivity index (χ2v) is 4.99. The Morgan fingerprint density at radius 1 is 1.24 bits per heavy atom. The molecule has 0 aliphatic heterocycles. The summed E-state index contributed by atoms with van der Waals surface area (Å²) >= 11 is 0. The lowest BCUT2D eigenvalue weighted by Crippen LogP contribution is -2.15. The van der Waals surface area contributed by atoms with Crippen molar-refractivity contribution in [3.8, 4) is 5.69 Å². The van der Waals surface area contributed by atoms with E-state index in [9.17, 15) is 0 Å². The summed E-state index contributed by atoms with van der Waals surface area (Å²) in [6.45, 7) is 3.01. The van der Waals surface area contributed by atoms with Crippen LogP contribution in [0.1, 0.15) is 24.4 Å². The Balaban J connectivity index is 1.77. The Kier molecular flexibility index (Phi) is 3.83. The number of nitrogens with zero attached hydrogens (tertiary/aromatic N) is 4. The van der Waals surface area contributed by atoms with Crippen molar-refractivity contribution in [1.29, 1.82) is 0 Å². The Morgan fingerprint density at radius 2 is 2.05 bits per heavy atom. The molecule has 1 aromatic carbocycles. The molecule has 3 rings (SSSR count). The summed E-state index contributed by atoms with van der Waals surface area (Å²) in [4.78, 5) is 4.37. The van der Waals surface area contributed by atoms with Gasteiger partial charge in [-0.05, 0) is 19.1 Å². The molecule has 0 amide bonds. The molecule has 21 heavy (non-hydrogen) atoms. The Morgan fingerprint density at radius 3 is 2.81 bits per heavy atom. The number of aryl methyl sites for hydroxylation is 1. The van der Waals surface area contributed by atoms with Crippen molar-refractivity contribution in [3.63, 3.8) is 0 Å². The minimum Gasteiger partial charge on any atom is -0.335 e. The lowest BCUT2D eigenvalue weighted by atomic mass is 10.1. The highest BCUT2D eigenvalue weighted by Gasteiger charge is 2.13. The van der Waals surface area contributed by atoms with E-state index in [-0.39, 0.29) is 6.04 Å². The van der Waals surface area contributed by atoms with Crippen LogP contribution in [0.3, 0.4) is 0 Å². The standard InChI is InChI=1S/C16H19N5/c1-2-20-9-8-18-16(20)10-15(17)13-11-19-21(12-13)14-6-4-3-5-7-14/h3-9,11-12,15H,2,10,17H2,1H3. The van der Waals surface area contributed by atoms with E-state index in [1.54, 1.807) is 0 Å². The summed E-state index contributed by atoms with van der Waals surface area (Å²) in [5.41, 5.74) is 8.35. The number of para-hydroxylation sites is 1. The second-order valence-electron chi connectivity index (χ2n) is 4.99. The van der Waals surface area contributed by atoms with Gasteiger partial charge in [-0.15, -0.1) is 0 Å². The normalized spacial score (nSPS) is 12.5. The van der Waals surface area contributed by atoms with Crippen LogP contribution >= 0.6 is 0 Å². The van der Waals surface area contributed by atoms with Gasteiger partial charge in [0, 0.05) is 43.2 Å². The van der Waals surface area contributed by atoms with Crippen molar-refractivity contribution in [2.75, 3.05) is 0 Å². The van der Waals surface area contributed by atoms with Crippen LogP contribution in [0.25, 0.3) is 5.69 Å². The first-order chi connectivity index (χ1) is 10.3. The summed E-state index contributed by atoms with van der Waals surface area (Å²) < 4.78 is 3.96. The van der Waals surface area contributed by atoms with E-state index < -0.39 is 0 Å². The van der Waals surface area contributed by atoms with E-state index in [0.29, 0.717) is 6.42 Å². The fraction of sp³-hybridized carbons (Fsp3) is 0.250. The summed E-state index contributed by atoms with van der Waals surface area (Å²) in [6, 6.07) is 9.92. The first kappa shape index (κ1) is 13.6. The lowest BCUT2D eigenvalue weighted by molar-refractivity contribution is 0.628. The first-order valence-electron chi connectivity index (χ1n) is 7.13. The SMILES string of the molecule is CCn1ccnc1CC(N)c1cnn(-c2ccccc2)c1. The van der Waals surface area contributed by atoms with Gasteiger partial charge in [-0.25, -0.2) is 9.67 Å². The fourth-order valence-corrected chi connectivity index (χ4v) is 2.38. The van der Waals surface area contributed by atoms with E-state index >= 15 is 0 Å². The molecular formula is C16H19N5. The van der Waals surface area contributed by atoms with Crippen LogP contribution < -0.4 is 5.73 Å². The van der Waals surface area contributed by atoms with Crippen molar-refractivity contribution in [1.82, 2.24) is 19.3 Å². The van der Waals surface area contributed by atoms with Crippen LogP contribution in [0.2, 0.25) is 0 Å². The molecule has 0 fully saturated rings. The van der Waals surface area contributed by atoms with Crippen LogP contribution in [-0.4, -0.2) is 19.3 Å². The lowest BCUT2D eigenvalue weighted by Gasteiger charge is -2.10. The van der Waals surface area contributed by atoms with Crippen molar-refractivity contribution in [3.05, 3.63) is 66.5 Å². The number of rotatable bonds is 5.